The van der Waals surface area contributed by atoms with Crippen LogP contribution < -0.4 is 5.32 Å². The van der Waals surface area contributed by atoms with Crippen LogP contribution in [0, 0.1) is 5.41 Å². The third-order valence-corrected chi connectivity index (χ3v) is 4.09. The second-order valence-corrected chi connectivity index (χ2v) is 5.59. The molecule has 1 aliphatic carbocycles. The van der Waals surface area contributed by atoms with E-state index in [1.54, 1.807) is 31.2 Å². The van der Waals surface area contributed by atoms with Gasteiger partial charge in [-0.25, -0.2) is 8.78 Å². The zero-order valence-electron chi connectivity index (χ0n) is 10.1. The van der Waals surface area contributed by atoms with E-state index in [9.17, 15) is 13.6 Å². The number of amides is 1. The molecule has 1 saturated carbocycles. The molecule has 0 radical (unpaired) electrons. The van der Waals surface area contributed by atoms with Crippen LogP contribution in [-0.4, -0.2) is 18.4 Å². The lowest BCUT2D eigenvalue weighted by atomic mass is 10.0. The third kappa shape index (κ3) is 1.76. The molecule has 2 rings (SSSR count). The SMILES string of the molecule is CCNC(=O)C1(C)C(c2ccc(Br)cc2)C1(F)F. The highest BCUT2D eigenvalue weighted by atomic mass is 79.9. The van der Waals surface area contributed by atoms with E-state index in [2.05, 4.69) is 21.2 Å². The van der Waals surface area contributed by atoms with Gasteiger partial charge in [0.1, 0.15) is 5.41 Å². The van der Waals surface area contributed by atoms with E-state index in [4.69, 9.17) is 0 Å². The van der Waals surface area contributed by atoms with Crippen molar-refractivity contribution in [2.24, 2.45) is 5.41 Å². The topological polar surface area (TPSA) is 29.1 Å². The minimum Gasteiger partial charge on any atom is -0.356 e. The number of carbonyl (C=O) groups excluding carboxylic acids is 1. The molecule has 1 amide bonds. The Kier molecular flexibility index (Phi) is 3.21. The van der Waals surface area contributed by atoms with Gasteiger partial charge in [-0.2, -0.15) is 0 Å². The van der Waals surface area contributed by atoms with Crippen LogP contribution in [0.4, 0.5) is 8.78 Å². The second-order valence-electron chi connectivity index (χ2n) is 4.67. The van der Waals surface area contributed by atoms with Crippen LogP contribution in [0.3, 0.4) is 0 Å². The minimum absolute atomic E-state index is 0.359. The molecule has 1 N–H and O–H groups in total. The fourth-order valence-corrected chi connectivity index (χ4v) is 2.62. The monoisotopic (exact) mass is 317 g/mol. The molecule has 0 aliphatic heterocycles. The fourth-order valence-electron chi connectivity index (χ4n) is 2.36. The lowest BCUT2D eigenvalue weighted by Gasteiger charge is -2.09. The number of rotatable bonds is 3. The Balaban J connectivity index is 2.30. The molecule has 0 bridgehead atoms. The van der Waals surface area contributed by atoms with Crippen LogP contribution in [0.5, 0.6) is 0 Å². The Hall–Kier alpha value is -0.970. The summed E-state index contributed by atoms with van der Waals surface area (Å²) in [5, 5.41) is 2.49. The molecule has 2 nitrogen and oxygen atoms in total. The van der Waals surface area contributed by atoms with Crippen LogP contribution >= 0.6 is 15.9 Å². The third-order valence-electron chi connectivity index (χ3n) is 3.56. The summed E-state index contributed by atoms with van der Waals surface area (Å²) in [6.07, 6.45) is 0. The van der Waals surface area contributed by atoms with Gasteiger partial charge in [0.05, 0.1) is 5.92 Å². The van der Waals surface area contributed by atoms with Gasteiger partial charge >= 0.3 is 0 Å². The number of benzene rings is 1. The number of halogens is 3. The summed E-state index contributed by atoms with van der Waals surface area (Å²) in [6.45, 7) is 3.40. The van der Waals surface area contributed by atoms with E-state index in [-0.39, 0.29) is 0 Å². The number of nitrogens with one attached hydrogen (secondary N) is 1. The van der Waals surface area contributed by atoms with Crippen molar-refractivity contribution in [2.75, 3.05) is 6.54 Å². The van der Waals surface area contributed by atoms with Gasteiger partial charge in [-0.1, -0.05) is 28.1 Å². The van der Waals surface area contributed by atoms with Gasteiger partial charge < -0.3 is 5.32 Å². The Morgan fingerprint density at radius 3 is 2.44 bits per heavy atom. The van der Waals surface area contributed by atoms with E-state index in [0.29, 0.717) is 12.1 Å². The van der Waals surface area contributed by atoms with Crippen molar-refractivity contribution in [2.45, 2.75) is 25.7 Å². The van der Waals surface area contributed by atoms with Gasteiger partial charge in [0.25, 0.3) is 5.92 Å². The van der Waals surface area contributed by atoms with Gasteiger partial charge in [-0.3, -0.25) is 4.79 Å². The largest absolute Gasteiger partial charge is 0.356 e. The van der Waals surface area contributed by atoms with Gasteiger partial charge in [0.2, 0.25) is 5.91 Å². The molecule has 2 atom stereocenters. The van der Waals surface area contributed by atoms with E-state index >= 15 is 0 Å². The standard InChI is InChI=1S/C13H14BrF2NO/c1-3-17-11(18)12(2)10(13(12,15)16)8-4-6-9(14)7-5-8/h4-7,10H,3H2,1-2H3,(H,17,18). The molecule has 2 unspecified atom stereocenters. The lowest BCUT2D eigenvalue weighted by Crippen LogP contribution is -2.33. The van der Waals surface area contributed by atoms with Crippen molar-refractivity contribution < 1.29 is 13.6 Å². The first kappa shape index (κ1) is 13.5. The molecule has 98 valence electrons. The van der Waals surface area contributed by atoms with Crippen LogP contribution in [0.15, 0.2) is 28.7 Å². The highest BCUT2D eigenvalue weighted by Gasteiger charge is 2.82. The van der Waals surface area contributed by atoms with Crippen LogP contribution in [0.25, 0.3) is 0 Å². The molecule has 0 saturated heterocycles. The predicted molar refractivity (Wildman–Crippen MR) is 68.6 cm³/mol. The Labute approximate surface area is 113 Å². The van der Waals surface area contributed by atoms with Crippen molar-refractivity contribution in [3.8, 4) is 0 Å². The molecule has 0 heterocycles. The molecule has 1 fully saturated rings. The maximum Gasteiger partial charge on any atom is 0.270 e. The predicted octanol–water partition coefficient (Wildman–Crippen LogP) is 3.32. The Morgan fingerprint density at radius 2 is 1.94 bits per heavy atom. The smallest absolute Gasteiger partial charge is 0.270 e. The average Bonchev–Trinajstić information content (AvgIpc) is 2.77. The van der Waals surface area contributed by atoms with Crippen molar-refractivity contribution in [1.82, 2.24) is 5.32 Å². The normalized spacial score (nSPS) is 28.8. The van der Waals surface area contributed by atoms with Crippen LogP contribution in [-0.2, 0) is 4.79 Å². The van der Waals surface area contributed by atoms with Crippen LogP contribution in [0.1, 0.15) is 25.3 Å². The molecule has 18 heavy (non-hydrogen) atoms. The molecular formula is C13H14BrF2NO. The molecule has 0 aromatic heterocycles. The number of alkyl halides is 2. The Morgan fingerprint density at radius 1 is 1.39 bits per heavy atom. The molecule has 1 aliphatic rings. The first-order valence-corrected chi connectivity index (χ1v) is 6.56. The van der Waals surface area contributed by atoms with Crippen molar-refractivity contribution in [3.63, 3.8) is 0 Å². The summed E-state index contributed by atoms with van der Waals surface area (Å²) in [7, 11) is 0. The maximum atomic E-state index is 13.9. The summed E-state index contributed by atoms with van der Waals surface area (Å²) in [5.74, 6) is -4.60. The number of hydrogen-bond acceptors (Lipinski definition) is 1. The van der Waals surface area contributed by atoms with Crippen molar-refractivity contribution >= 4 is 21.8 Å². The van der Waals surface area contributed by atoms with Gasteiger partial charge in [-0.05, 0) is 31.5 Å². The van der Waals surface area contributed by atoms with Gasteiger partial charge in [0.15, 0.2) is 0 Å². The molecule has 1 aromatic rings. The van der Waals surface area contributed by atoms with Gasteiger partial charge in [0, 0.05) is 11.0 Å². The molecule has 0 spiro atoms. The zero-order chi connectivity index (χ0) is 13.6. The van der Waals surface area contributed by atoms with Crippen molar-refractivity contribution in [1.29, 1.82) is 0 Å². The lowest BCUT2D eigenvalue weighted by molar-refractivity contribution is -0.129. The summed E-state index contributed by atoms with van der Waals surface area (Å²) >= 11 is 3.26. The van der Waals surface area contributed by atoms with E-state index in [1.807, 2.05) is 0 Å². The van der Waals surface area contributed by atoms with E-state index < -0.39 is 23.2 Å². The fraction of sp³-hybridized carbons (Fsp3) is 0.462. The molecular weight excluding hydrogens is 304 g/mol. The quantitative estimate of drug-likeness (QED) is 0.910. The highest BCUT2D eigenvalue weighted by Crippen LogP contribution is 2.71. The van der Waals surface area contributed by atoms with E-state index in [0.717, 1.165) is 4.47 Å². The number of carbonyl (C=O) groups is 1. The van der Waals surface area contributed by atoms with Crippen LogP contribution in [0.2, 0.25) is 0 Å². The second kappa shape index (κ2) is 4.30. The first-order valence-electron chi connectivity index (χ1n) is 5.77. The average molecular weight is 318 g/mol. The zero-order valence-corrected chi connectivity index (χ0v) is 11.7. The highest BCUT2D eigenvalue weighted by molar-refractivity contribution is 9.10. The summed E-state index contributed by atoms with van der Waals surface area (Å²) in [6, 6.07) is 6.68. The van der Waals surface area contributed by atoms with Gasteiger partial charge in [-0.15, -0.1) is 0 Å². The Bertz CT molecular complexity index is 474. The van der Waals surface area contributed by atoms with Crippen molar-refractivity contribution in [3.05, 3.63) is 34.3 Å². The van der Waals surface area contributed by atoms with E-state index in [1.165, 1.54) is 6.92 Å². The summed E-state index contributed by atoms with van der Waals surface area (Å²) < 4.78 is 28.7. The summed E-state index contributed by atoms with van der Waals surface area (Å²) in [5.41, 5.74) is -1.13. The first-order chi connectivity index (χ1) is 8.35. The minimum atomic E-state index is -2.99. The summed E-state index contributed by atoms with van der Waals surface area (Å²) in [4.78, 5) is 11.8. The molecule has 1 aromatic carbocycles. The molecule has 5 heteroatoms. The maximum absolute atomic E-state index is 13.9. The number of hydrogen-bond donors (Lipinski definition) is 1.